The van der Waals surface area contributed by atoms with Crippen molar-refractivity contribution in [2.75, 3.05) is 18.1 Å². The van der Waals surface area contributed by atoms with E-state index in [1.165, 1.54) is 0 Å². The van der Waals surface area contributed by atoms with Crippen LogP contribution in [-0.2, 0) is 9.84 Å². The third-order valence-corrected chi connectivity index (χ3v) is 4.60. The number of nitrogens with two attached hydrogens (primary N) is 1. The van der Waals surface area contributed by atoms with E-state index >= 15 is 0 Å². The molecule has 1 rings (SSSR count). The third kappa shape index (κ3) is 2.45. The van der Waals surface area contributed by atoms with E-state index in [0.717, 1.165) is 19.3 Å². The summed E-state index contributed by atoms with van der Waals surface area (Å²) in [5, 5.41) is 0. The first-order valence-electron chi connectivity index (χ1n) is 4.38. The van der Waals surface area contributed by atoms with Gasteiger partial charge in [0.25, 0.3) is 0 Å². The van der Waals surface area contributed by atoms with Gasteiger partial charge in [0.05, 0.1) is 11.5 Å². The molecule has 0 radical (unpaired) electrons. The van der Waals surface area contributed by atoms with E-state index in [9.17, 15) is 8.42 Å². The van der Waals surface area contributed by atoms with Crippen LogP contribution in [0.5, 0.6) is 0 Å². The second-order valence-corrected chi connectivity index (χ2v) is 6.23. The molecule has 0 aromatic rings. The van der Waals surface area contributed by atoms with Gasteiger partial charge in [-0.05, 0) is 31.2 Å². The normalized spacial score (nSPS) is 34.8. The van der Waals surface area contributed by atoms with Gasteiger partial charge in [-0.15, -0.1) is 0 Å². The van der Waals surface area contributed by atoms with Crippen molar-refractivity contribution in [3.63, 3.8) is 0 Å². The Kier molecular flexibility index (Phi) is 2.78. The highest BCUT2D eigenvalue weighted by Crippen LogP contribution is 2.33. The molecule has 1 atom stereocenters. The largest absolute Gasteiger partial charge is 0.330 e. The Bertz CT molecular complexity index is 244. The van der Waals surface area contributed by atoms with Crippen LogP contribution < -0.4 is 5.73 Å². The van der Waals surface area contributed by atoms with Gasteiger partial charge in [-0.2, -0.15) is 0 Å². The minimum absolute atomic E-state index is 0.0498. The second-order valence-electron chi connectivity index (χ2n) is 4.04. The van der Waals surface area contributed by atoms with E-state index in [-0.39, 0.29) is 5.41 Å². The summed E-state index contributed by atoms with van der Waals surface area (Å²) in [4.78, 5) is 0. The highest BCUT2D eigenvalue weighted by atomic mass is 32.2. The van der Waals surface area contributed by atoms with Crippen molar-refractivity contribution in [2.24, 2.45) is 11.1 Å². The average molecular weight is 191 g/mol. The molecule has 0 aliphatic carbocycles. The molecule has 0 spiro atoms. The van der Waals surface area contributed by atoms with Crippen LogP contribution in [0.15, 0.2) is 0 Å². The van der Waals surface area contributed by atoms with Crippen LogP contribution >= 0.6 is 0 Å². The fourth-order valence-corrected chi connectivity index (χ4v) is 4.02. The third-order valence-electron chi connectivity index (χ3n) is 2.55. The molecule has 3 nitrogen and oxygen atoms in total. The molecule has 1 fully saturated rings. The molecule has 2 N–H and O–H groups in total. The van der Waals surface area contributed by atoms with Crippen molar-refractivity contribution in [1.82, 2.24) is 0 Å². The zero-order valence-electron chi connectivity index (χ0n) is 7.54. The SMILES string of the molecule is CC1(CCN)CCCS(=O)(=O)C1. The second kappa shape index (κ2) is 3.34. The molecule has 0 aromatic heterocycles. The zero-order valence-corrected chi connectivity index (χ0v) is 8.36. The molecule has 72 valence electrons. The number of hydrogen-bond acceptors (Lipinski definition) is 3. The van der Waals surface area contributed by atoms with Crippen LogP contribution in [0.25, 0.3) is 0 Å². The van der Waals surface area contributed by atoms with E-state index in [0.29, 0.717) is 18.1 Å². The number of hydrogen-bond donors (Lipinski definition) is 1. The first kappa shape index (κ1) is 9.99. The molecule has 0 aromatic carbocycles. The van der Waals surface area contributed by atoms with Crippen LogP contribution in [0.3, 0.4) is 0 Å². The lowest BCUT2D eigenvalue weighted by atomic mass is 9.84. The standard InChI is InChI=1S/C8H17NO2S/c1-8(4-5-9)3-2-6-12(10,11)7-8/h2-7,9H2,1H3. The lowest BCUT2D eigenvalue weighted by molar-refractivity contribution is 0.301. The maximum absolute atomic E-state index is 11.3. The van der Waals surface area contributed by atoms with Crippen molar-refractivity contribution < 1.29 is 8.42 Å². The first-order chi connectivity index (χ1) is 5.47. The highest BCUT2D eigenvalue weighted by Gasteiger charge is 2.33. The van der Waals surface area contributed by atoms with Gasteiger partial charge >= 0.3 is 0 Å². The van der Waals surface area contributed by atoms with E-state index in [1.807, 2.05) is 6.92 Å². The predicted molar refractivity (Wildman–Crippen MR) is 49.7 cm³/mol. The smallest absolute Gasteiger partial charge is 0.150 e. The Balaban J connectivity index is 2.68. The predicted octanol–water partition coefficient (Wildman–Crippen LogP) is 0.550. The maximum atomic E-state index is 11.3. The zero-order chi connectivity index (χ0) is 9.24. The number of rotatable bonds is 2. The molecular formula is C8H17NO2S. The van der Waals surface area contributed by atoms with Crippen molar-refractivity contribution in [3.05, 3.63) is 0 Å². The summed E-state index contributed by atoms with van der Waals surface area (Å²) in [5.41, 5.74) is 5.39. The molecule has 1 unspecified atom stereocenters. The lowest BCUT2D eigenvalue weighted by Crippen LogP contribution is -2.35. The molecule has 0 amide bonds. The van der Waals surface area contributed by atoms with Gasteiger partial charge in [0, 0.05) is 0 Å². The molecule has 0 bridgehead atoms. The topological polar surface area (TPSA) is 60.2 Å². The maximum Gasteiger partial charge on any atom is 0.150 e. The fourth-order valence-electron chi connectivity index (χ4n) is 1.94. The lowest BCUT2D eigenvalue weighted by Gasteiger charge is -2.32. The Morgan fingerprint density at radius 1 is 1.50 bits per heavy atom. The average Bonchev–Trinajstić information content (AvgIpc) is 1.83. The molecule has 1 aliphatic heterocycles. The van der Waals surface area contributed by atoms with E-state index < -0.39 is 9.84 Å². The summed E-state index contributed by atoms with van der Waals surface area (Å²) in [6.07, 6.45) is 2.63. The minimum atomic E-state index is -2.77. The van der Waals surface area contributed by atoms with Gasteiger partial charge in [-0.1, -0.05) is 6.92 Å². The number of sulfone groups is 1. The molecule has 0 saturated carbocycles. The van der Waals surface area contributed by atoms with Gasteiger partial charge in [0.2, 0.25) is 0 Å². The summed E-state index contributed by atoms with van der Waals surface area (Å²) in [5.74, 6) is 0.699. The molecular weight excluding hydrogens is 174 g/mol. The van der Waals surface area contributed by atoms with Crippen molar-refractivity contribution in [2.45, 2.75) is 26.2 Å². The van der Waals surface area contributed by atoms with Crippen LogP contribution in [0.1, 0.15) is 26.2 Å². The molecule has 1 aliphatic rings. The van der Waals surface area contributed by atoms with E-state index in [1.54, 1.807) is 0 Å². The van der Waals surface area contributed by atoms with Crippen LogP contribution in [0.2, 0.25) is 0 Å². The van der Waals surface area contributed by atoms with Crippen molar-refractivity contribution >= 4 is 9.84 Å². The molecule has 1 heterocycles. The van der Waals surface area contributed by atoms with Crippen LogP contribution in [0, 0.1) is 5.41 Å². The first-order valence-corrected chi connectivity index (χ1v) is 6.20. The Morgan fingerprint density at radius 3 is 2.67 bits per heavy atom. The molecule has 12 heavy (non-hydrogen) atoms. The Labute approximate surface area is 74.3 Å². The van der Waals surface area contributed by atoms with Gasteiger partial charge in [0.15, 0.2) is 9.84 Å². The summed E-state index contributed by atoms with van der Waals surface area (Å²) >= 11 is 0. The van der Waals surface area contributed by atoms with Crippen LogP contribution in [0.4, 0.5) is 0 Å². The molecule has 4 heteroatoms. The van der Waals surface area contributed by atoms with Crippen LogP contribution in [-0.4, -0.2) is 26.5 Å². The minimum Gasteiger partial charge on any atom is -0.330 e. The monoisotopic (exact) mass is 191 g/mol. The quantitative estimate of drug-likeness (QED) is 0.693. The van der Waals surface area contributed by atoms with Gasteiger partial charge in [-0.25, -0.2) is 8.42 Å². The van der Waals surface area contributed by atoms with Gasteiger partial charge in [-0.3, -0.25) is 0 Å². The molecule has 1 saturated heterocycles. The highest BCUT2D eigenvalue weighted by molar-refractivity contribution is 7.91. The van der Waals surface area contributed by atoms with Crippen molar-refractivity contribution in [3.8, 4) is 0 Å². The van der Waals surface area contributed by atoms with Gasteiger partial charge in [0.1, 0.15) is 0 Å². The summed E-state index contributed by atoms with van der Waals surface area (Å²) in [7, 11) is -2.77. The Hall–Kier alpha value is -0.0900. The van der Waals surface area contributed by atoms with Crippen molar-refractivity contribution in [1.29, 1.82) is 0 Å². The summed E-state index contributed by atoms with van der Waals surface area (Å²) < 4.78 is 22.6. The Morgan fingerprint density at radius 2 is 2.17 bits per heavy atom. The fraction of sp³-hybridized carbons (Fsp3) is 1.00. The van der Waals surface area contributed by atoms with E-state index in [4.69, 9.17) is 5.73 Å². The van der Waals surface area contributed by atoms with E-state index in [2.05, 4.69) is 0 Å². The van der Waals surface area contributed by atoms with Gasteiger partial charge < -0.3 is 5.73 Å². The summed E-state index contributed by atoms with van der Waals surface area (Å²) in [6, 6.07) is 0. The summed E-state index contributed by atoms with van der Waals surface area (Å²) in [6.45, 7) is 2.61.